The van der Waals surface area contributed by atoms with Gasteiger partial charge in [0.25, 0.3) is 0 Å². The molecule has 1 aliphatic heterocycles. The normalized spacial score (nSPS) is 42.9. The third-order valence-electron chi connectivity index (χ3n) is 2.85. The van der Waals surface area contributed by atoms with Crippen molar-refractivity contribution in [3.8, 4) is 0 Å². The average molecular weight is 214 g/mol. The van der Waals surface area contributed by atoms with Gasteiger partial charge in [0.15, 0.2) is 5.79 Å². The van der Waals surface area contributed by atoms with Crippen molar-refractivity contribution >= 4 is 0 Å². The molecule has 0 spiro atoms. The second-order valence-corrected chi connectivity index (χ2v) is 4.35. The molecule has 1 aliphatic carbocycles. The van der Waals surface area contributed by atoms with Crippen LogP contribution in [0.3, 0.4) is 0 Å². The van der Waals surface area contributed by atoms with Crippen LogP contribution in [-0.2, 0) is 18.9 Å². The van der Waals surface area contributed by atoms with Crippen LogP contribution in [0.5, 0.6) is 0 Å². The van der Waals surface area contributed by atoms with E-state index in [0.717, 1.165) is 0 Å². The van der Waals surface area contributed by atoms with Crippen LogP contribution in [0, 0.1) is 0 Å². The zero-order valence-electron chi connectivity index (χ0n) is 9.60. The Morgan fingerprint density at radius 3 is 1.67 bits per heavy atom. The van der Waals surface area contributed by atoms with Crippen molar-refractivity contribution in [2.45, 2.75) is 44.1 Å². The van der Waals surface area contributed by atoms with E-state index >= 15 is 0 Å². The van der Waals surface area contributed by atoms with Crippen molar-refractivity contribution < 1.29 is 18.9 Å². The van der Waals surface area contributed by atoms with Crippen molar-refractivity contribution in [1.29, 1.82) is 0 Å². The molecule has 0 aromatic carbocycles. The van der Waals surface area contributed by atoms with Crippen molar-refractivity contribution in [2.75, 3.05) is 14.2 Å². The van der Waals surface area contributed by atoms with Gasteiger partial charge in [-0.3, -0.25) is 0 Å². The molecule has 0 unspecified atom stereocenters. The van der Waals surface area contributed by atoms with E-state index in [-0.39, 0.29) is 24.4 Å². The molecule has 0 bridgehead atoms. The minimum Gasteiger partial charge on any atom is -0.375 e. The summed E-state index contributed by atoms with van der Waals surface area (Å²) in [6.45, 7) is 3.82. The van der Waals surface area contributed by atoms with Crippen LogP contribution in [0.4, 0.5) is 0 Å². The van der Waals surface area contributed by atoms with Crippen molar-refractivity contribution in [3.63, 3.8) is 0 Å². The lowest BCUT2D eigenvalue weighted by Gasteiger charge is -2.30. The van der Waals surface area contributed by atoms with E-state index in [0.29, 0.717) is 0 Å². The van der Waals surface area contributed by atoms with Gasteiger partial charge in [0.2, 0.25) is 0 Å². The molecule has 1 saturated heterocycles. The highest BCUT2D eigenvalue weighted by Gasteiger charge is 2.49. The Balaban J connectivity index is 2.20. The Hall–Kier alpha value is -0.420. The monoisotopic (exact) mass is 214 g/mol. The fourth-order valence-corrected chi connectivity index (χ4v) is 2.19. The SMILES string of the molecule is CO[C@@H]1C=C[C@@H](OC)[C@@H]2OC(C)(C)O[C@H]21. The topological polar surface area (TPSA) is 36.9 Å². The summed E-state index contributed by atoms with van der Waals surface area (Å²) in [6.07, 6.45) is 3.67. The summed E-state index contributed by atoms with van der Waals surface area (Å²) in [5.74, 6) is -0.561. The van der Waals surface area contributed by atoms with Gasteiger partial charge in [-0.2, -0.15) is 0 Å². The molecule has 4 nitrogen and oxygen atoms in total. The molecular weight excluding hydrogens is 196 g/mol. The van der Waals surface area contributed by atoms with Gasteiger partial charge in [0, 0.05) is 14.2 Å². The Bertz CT molecular complexity index is 237. The van der Waals surface area contributed by atoms with Gasteiger partial charge in [-0.15, -0.1) is 0 Å². The second kappa shape index (κ2) is 3.87. The number of fused-ring (bicyclic) bond motifs is 1. The predicted molar refractivity (Wildman–Crippen MR) is 54.6 cm³/mol. The Labute approximate surface area is 90.1 Å². The number of hydrogen-bond donors (Lipinski definition) is 0. The number of methoxy groups -OCH3 is 2. The fourth-order valence-electron chi connectivity index (χ4n) is 2.19. The van der Waals surface area contributed by atoms with Crippen LogP contribution in [0.1, 0.15) is 13.8 Å². The summed E-state index contributed by atoms with van der Waals surface area (Å²) >= 11 is 0. The summed E-state index contributed by atoms with van der Waals surface area (Å²) in [6, 6.07) is 0. The first-order chi connectivity index (χ1) is 7.07. The molecule has 0 radical (unpaired) electrons. The van der Waals surface area contributed by atoms with Crippen LogP contribution < -0.4 is 0 Å². The summed E-state index contributed by atoms with van der Waals surface area (Å²) in [5.41, 5.74) is 0. The molecule has 0 aromatic rings. The van der Waals surface area contributed by atoms with Crippen molar-refractivity contribution in [1.82, 2.24) is 0 Å². The van der Waals surface area contributed by atoms with Gasteiger partial charge < -0.3 is 18.9 Å². The van der Waals surface area contributed by atoms with Crippen LogP contribution in [0.15, 0.2) is 12.2 Å². The highest BCUT2D eigenvalue weighted by Crippen LogP contribution is 2.36. The number of ether oxygens (including phenoxy) is 4. The maximum absolute atomic E-state index is 5.81. The molecule has 0 saturated carbocycles. The predicted octanol–water partition coefficient (Wildman–Crippen LogP) is 1.11. The van der Waals surface area contributed by atoms with E-state index in [1.54, 1.807) is 14.2 Å². The summed E-state index contributed by atoms with van der Waals surface area (Å²) in [5, 5.41) is 0. The molecule has 0 aromatic heterocycles. The third kappa shape index (κ3) is 1.95. The van der Waals surface area contributed by atoms with E-state index < -0.39 is 5.79 Å². The highest BCUT2D eigenvalue weighted by atomic mass is 16.8. The minimum absolute atomic E-state index is 0.0526. The van der Waals surface area contributed by atoms with E-state index in [9.17, 15) is 0 Å². The highest BCUT2D eigenvalue weighted by molar-refractivity contribution is 5.12. The van der Waals surface area contributed by atoms with Crippen LogP contribution in [0.2, 0.25) is 0 Å². The molecule has 4 atom stereocenters. The molecule has 0 N–H and O–H groups in total. The van der Waals surface area contributed by atoms with Gasteiger partial charge >= 0.3 is 0 Å². The quantitative estimate of drug-likeness (QED) is 0.645. The zero-order chi connectivity index (χ0) is 11.1. The van der Waals surface area contributed by atoms with E-state index in [2.05, 4.69) is 0 Å². The molecule has 2 rings (SSSR count). The molecule has 0 amide bonds. The number of rotatable bonds is 2. The van der Waals surface area contributed by atoms with E-state index in [4.69, 9.17) is 18.9 Å². The molecule has 15 heavy (non-hydrogen) atoms. The van der Waals surface area contributed by atoms with Crippen LogP contribution in [-0.4, -0.2) is 44.4 Å². The first kappa shape index (κ1) is 11.1. The maximum Gasteiger partial charge on any atom is 0.164 e. The number of hydrogen-bond acceptors (Lipinski definition) is 4. The van der Waals surface area contributed by atoms with E-state index in [1.807, 2.05) is 26.0 Å². The maximum atomic E-state index is 5.81. The standard InChI is InChI=1S/C11H18O4/c1-11(2)14-9-7(12-3)5-6-8(13-4)10(9)15-11/h5-10H,1-4H3/t7-,8-,9+,10+/m1/s1. The van der Waals surface area contributed by atoms with Crippen LogP contribution in [0.25, 0.3) is 0 Å². The minimum atomic E-state index is -0.561. The van der Waals surface area contributed by atoms with Gasteiger partial charge in [-0.05, 0) is 13.8 Å². The Kier molecular flexibility index (Phi) is 2.85. The van der Waals surface area contributed by atoms with Gasteiger partial charge in [-0.25, -0.2) is 0 Å². The molecular formula is C11H18O4. The second-order valence-electron chi connectivity index (χ2n) is 4.35. The fraction of sp³-hybridized carbons (Fsp3) is 0.818. The molecule has 1 fully saturated rings. The Morgan fingerprint density at radius 2 is 1.33 bits per heavy atom. The lowest BCUT2D eigenvalue weighted by molar-refractivity contribution is -0.157. The molecule has 86 valence electrons. The van der Waals surface area contributed by atoms with Gasteiger partial charge in [-0.1, -0.05) is 12.2 Å². The van der Waals surface area contributed by atoms with Gasteiger partial charge in [0.05, 0.1) is 0 Å². The summed E-state index contributed by atoms with van der Waals surface area (Å²) in [4.78, 5) is 0. The summed E-state index contributed by atoms with van der Waals surface area (Å²) in [7, 11) is 3.35. The molecule has 4 heteroatoms. The largest absolute Gasteiger partial charge is 0.375 e. The average Bonchev–Trinajstić information content (AvgIpc) is 2.51. The van der Waals surface area contributed by atoms with Crippen LogP contribution >= 0.6 is 0 Å². The smallest absolute Gasteiger partial charge is 0.164 e. The molecule has 1 heterocycles. The Morgan fingerprint density at radius 1 is 0.933 bits per heavy atom. The van der Waals surface area contributed by atoms with Gasteiger partial charge in [0.1, 0.15) is 24.4 Å². The van der Waals surface area contributed by atoms with E-state index in [1.165, 1.54) is 0 Å². The zero-order valence-corrected chi connectivity index (χ0v) is 9.60. The van der Waals surface area contributed by atoms with Crippen molar-refractivity contribution in [2.24, 2.45) is 0 Å². The first-order valence-electron chi connectivity index (χ1n) is 5.17. The molecule has 2 aliphatic rings. The lowest BCUT2D eigenvalue weighted by atomic mass is 9.96. The lowest BCUT2D eigenvalue weighted by Crippen LogP contribution is -2.45. The first-order valence-corrected chi connectivity index (χ1v) is 5.17. The van der Waals surface area contributed by atoms with Crippen molar-refractivity contribution in [3.05, 3.63) is 12.2 Å². The third-order valence-corrected chi connectivity index (χ3v) is 2.85. The summed E-state index contributed by atoms with van der Waals surface area (Å²) < 4.78 is 22.3.